The van der Waals surface area contributed by atoms with Crippen LogP contribution in [0.15, 0.2) is 53.0 Å². The Morgan fingerprint density at radius 1 is 1.13 bits per heavy atom. The van der Waals surface area contributed by atoms with Crippen molar-refractivity contribution in [3.8, 4) is 0 Å². The first-order valence-electron chi connectivity index (χ1n) is 10.9. The van der Waals surface area contributed by atoms with E-state index in [2.05, 4.69) is 52.4 Å². The summed E-state index contributed by atoms with van der Waals surface area (Å²) in [6.07, 6.45) is 4.39. The van der Waals surface area contributed by atoms with Gasteiger partial charge in [0.2, 0.25) is 11.8 Å². The van der Waals surface area contributed by atoms with Gasteiger partial charge in [-0.3, -0.25) is 9.59 Å². The quantitative estimate of drug-likeness (QED) is 0.494. The Kier molecular flexibility index (Phi) is 9.02. The summed E-state index contributed by atoms with van der Waals surface area (Å²) in [6, 6.07) is 16.0. The van der Waals surface area contributed by atoms with Crippen LogP contribution in [0.1, 0.15) is 49.3 Å². The number of carbonyl (C=O) groups is 2. The zero-order chi connectivity index (χ0) is 22.2. The van der Waals surface area contributed by atoms with Gasteiger partial charge in [-0.05, 0) is 49.9 Å². The fourth-order valence-corrected chi connectivity index (χ4v) is 5.15. The van der Waals surface area contributed by atoms with Crippen molar-refractivity contribution in [1.29, 1.82) is 0 Å². The lowest BCUT2D eigenvalue weighted by Crippen LogP contribution is -2.50. The largest absolute Gasteiger partial charge is 0.352 e. The molecule has 2 amide bonds. The molecule has 6 heteroatoms. The van der Waals surface area contributed by atoms with Gasteiger partial charge in [0.1, 0.15) is 6.04 Å². The van der Waals surface area contributed by atoms with Crippen molar-refractivity contribution in [1.82, 2.24) is 10.2 Å². The summed E-state index contributed by atoms with van der Waals surface area (Å²) in [6.45, 7) is 4.33. The van der Waals surface area contributed by atoms with E-state index in [1.165, 1.54) is 11.1 Å². The highest BCUT2D eigenvalue weighted by Gasteiger charge is 2.28. The van der Waals surface area contributed by atoms with E-state index in [4.69, 9.17) is 0 Å². The third kappa shape index (κ3) is 7.39. The second kappa shape index (κ2) is 11.7. The number of aryl methyl sites for hydroxylation is 1. The molecule has 0 heterocycles. The number of rotatable bonds is 9. The molecule has 1 fully saturated rings. The predicted octanol–water partition coefficient (Wildman–Crippen LogP) is 5.47. The molecular formula is C25H31BrN2O2S. The maximum atomic E-state index is 13.2. The maximum absolute atomic E-state index is 13.2. The average molecular weight is 504 g/mol. The molecule has 1 N–H and O–H groups in total. The van der Waals surface area contributed by atoms with E-state index in [1.54, 1.807) is 16.7 Å². The molecule has 1 saturated carbocycles. The molecule has 0 aromatic heterocycles. The van der Waals surface area contributed by atoms with Crippen LogP contribution in [0.2, 0.25) is 0 Å². The predicted molar refractivity (Wildman–Crippen MR) is 132 cm³/mol. The fourth-order valence-electron chi connectivity index (χ4n) is 3.83. The topological polar surface area (TPSA) is 49.4 Å². The Morgan fingerprint density at radius 2 is 1.84 bits per heavy atom. The van der Waals surface area contributed by atoms with Crippen molar-refractivity contribution in [2.24, 2.45) is 0 Å². The molecule has 1 atom stereocenters. The van der Waals surface area contributed by atoms with Gasteiger partial charge < -0.3 is 10.2 Å². The lowest BCUT2D eigenvalue weighted by molar-refractivity contribution is -0.138. The molecule has 166 valence electrons. The van der Waals surface area contributed by atoms with Gasteiger partial charge in [-0.1, -0.05) is 70.7 Å². The zero-order valence-corrected chi connectivity index (χ0v) is 20.7. The summed E-state index contributed by atoms with van der Waals surface area (Å²) in [5.74, 6) is 1.06. The number of nitrogens with one attached hydrogen (secondary N) is 1. The normalized spacial score (nSPS) is 14.9. The lowest BCUT2D eigenvalue weighted by Gasteiger charge is -2.29. The zero-order valence-electron chi connectivity index (χ0n) is 18.3. The average Bonchev–Trinajstić information content (AvgIpc) is 3.26. The number of benzene rings is 2. The minimum atomic E-state index is -0.507. The summed E-state index contributed by atoms with van der Waals surface area (Å²) in [5, 5.41) is 3.15. The summed E-state index contributed by atoms with van der Waals surface area (Å²) >= 11 is 5.09. The van der Waals surface area contributed by atoms with Gasteiger partial charge >= 0.3 is 0 Å². The third-order valence-corrected chi connectivity index (χ3v) is 7.21. The molecular weight excluding hydrogens is 472 g/mol. The van der Waals surface area contributed by atoms with Gasteiger partial charge in [0.25, 0.3) is 0 Å². The standard InChI is InChI=1S/C25H31BrN2O2S/c1-18-10-12-20(13-11-18)16-31-17-24(29)28(15-21-6-5-7-22(26)14-21)19(2)25(30)27-23-8-3-4-9-23/h5-7,10-14,19,23H,3-4,8-9,15-17H2,1-2H3,(H,27,30)/t19-/m1/s1. The van der Waals surface area contributed by atoms with Gasteiger partial charge in [-0.25, -0.2) is 0 Å². The molecule has 1 aliphatic rings. The van der Waals surface area contributed by atoms with Crippen LogP contribution in [0.4, 0.5) is 0 Å². The molecule has 0 bridgehead atoms. The Morgan fingerprint density at radius 3 is 2.52 bits per heavy atom. The second-order valence-electron chi connectivity index (χ2n) is 8.30. The Hall–Kier alpha value is -1.79. The SMILES string of the molecule is Cc1ccc(CSCC(=O)N(Cc2cccc(Br)c2)[C@H](C)C(=O)NC2CCCC2)cc1. The van der Waals surface area contributed by atoms with Gasteiger partial charge in [0, 0.05) is 22.8 Å². The number of carbonyl (C=O) groups excluding carboxylic acids is 2. The monoisotopic (exact) mass is 502 g/mol. The smallest absolute Gasteiger partial charge is 0.242 e. The van der Waals surface area contributed by atoms with Crippen LogP contribution in [0, 0.1) is 6.92 Å². The number of halogens is 1. The third-order valence-electron chi connectivity index (χ3n) is 5.73. The number of thioether (sulfide) groups is 1. The molecule has 1 aliphatic carbocycles. The Balaban J connectivity index is 1.65. The molecule has 2 aromatic rings. The van der Waals surface area contributed by atoms with Crippen LogP contribution in [0.3, 0.4) is 0 Å². The molecule has 0 aliphatic heterocycles. The molecule has 0 saturated heterocycles. The summed E-state index contributed by atoms with van der Waals surface area (Å²) in [5.41, 5.74) is 3.44. The van der Waals surface area contributed by atoms with Crippen LogP contribution in [-0.2, 0) is 21.9 Å². The first-order chi connectivity index (χ1) is 14.9. The van der Waals surface area contributed by atoms with E-state index in [-0.39, 0.29) is 17.9 Å². The van der Waals surface area contributed by atoms with E-state index < -0.39 is 6.04 Å². The molecule has 0 unspecified atom stereocenters. The van der Waals surface area contributed by atoms with Gasteiger partial charge in [0.05, 0.1) is 5.75 Å². The first kappa shape index (κ1) is 23.9. The lowest BCUT2D eigenvalue weighted by atomic mass is 10.1. The fraction of sp³-hybridized carbons (Fsp3) is 0.440. The van der Waals surface area contributed by atoms with Crippen LogP contribution in [0.5, 0.6) is 0 Å². The Labute approximate surface area is 198 Å². The van der Waals surface area contributed by atoms with Crippen molar-refractivity contribution >= 4 is 39.5 Å². The minimum Gasteiger partial charge on any atom is -0.352 e. The highest BCUT2D eigenvalue weighted by atomic mass is 79.9. The summed E-state index contributed by atoms with van der Waals surface area (Å²) in [7, 11) is 0. The Bertz CT molecular complexity index is 881. The minimum absolute atomic E-state index is 0.00819. The van der Waals surface area contributed by atoms with Gasteiger partial charge in [-0.2, -0.15) is 0 Å². The van der Waals surface area contributed by atoms with Crippen molar-refractivity contribution in [2.75, 3.05) is 5.75 Å². The number of amides is 2. The van der Waals surface area contributed by atoms with Crippen LogP contribution < -0.4 is 5.32 Å². The molecule has 2 aromatic carbocycles. The van der Waals surface area contributed by atoms with E-state index in [0.29, 0.717) is 12.3 Å². The number of hydrogen-bond acceptors (Lipinski definition) is 3. The van der Waals surface area contributed by atoms with E-state index >= 15 is 0 Å². The summed E-state index contributed by atoms with van der Waals surface area (Å²) in [4.78, 5) is 27.8. The van der Waals surface area contributed by atoms with E-state index in [9.17, 15) is 9.59 Å². The van der Waals surface area contributed by atoms with Gasteiger partial charge in [0.15, 0.2) is 0 Å². The summed E-state index contributed by atoms with van der Waals surface area (Å²) < 4.78 is 0.967. The molecule has 4 nitrogen and oxygen atoms in total. The van der Waals surface area contributed by atoms with Crippen molar-refractivity contribution in [3.05, 3.63) is 69.7 Å². The van der Waals surface area contributed by atoms with E-state index in [0.717, 1.165) is 41.5 Å². The van der Waals surface area contributed by atoms with Crippen molar-refractivity contribution in [2.45, 2.75) is 63.9 Å². The van der Waals surface area contributed by atoms with Crippen molar-refractivity contribution < 1.29 is 9.59 Å². The number of nitrogens with zero attached hydrogens (tertiary/aromatic N) is 1. The van der Waals surface area contributed by atoms with Gasteiger partial charge in [-0.15, -0.1) is 11.8 Å². The molecule has 0 spiro atoms. The van der Waals surface area contributed by atoms with Crippen LogP contribution in [0.25, 0.3) is 0 Å². The highest BCUT2D eigenvalue weighted by Crippen LogP contribution is 2.20. The second-order valence-corrected chi connectivity index (χ2v) is 10.2. The van der Waals surface area contributed by atoms with Crippen LogP contribution in [-0.4, -0.2) is 34.6 Å². The van der Waals surface area contributed by atoms with Crippen LogP contribution >= 0.6 is 27.7 Å². The number of hydrogen-bond donors (Lipinski definition) is 1. The van der Waals surface area contributed by atoms with E-state index in [1.807, 2.05) is 31.2 Å². The molecule has 3 rings (SSSR count). The first-order valence-corrected chi connectivity index (χ1v) is 12.8. The molecule has 31 heavy (non-hydrogen) atoms. The maximum Gasteiger partial charge on any atom is 0.242 e. The highest BCUT2D eigenvalue weighted by molar-refractivity contribution is 9.10. The van der Waals surface area contributed by atoms with Crippen molar-refractivity contribution in [3.63, 3.8) is 0 Å². The molecule has 0 radical (unpaired) electrons.